The highest BCUT2D eigenvalue weighted by molar-refractivity contribution is 5.98. The van der Waals surface area contributed by atoms with Gasteiger partial charge in [-0.05, 0) is 43.2 Å². The summed E-state index contributed by atoms with van der Waals surface area (Å²) < 4.78 is 5.18. The van der Waals surface area contributed by atoms with E-state index < -0.39 is 11.8 Å². The quantitative estimate of drug-likeness (QED) is 0.481. The molecular weight excluding hydrogens is 358 g/mol. The number of carbonyl (C=O) groups is 3. The van der Waals surface area contributed by atoms with Gasteiger partial charge in [0, 0.05) is 18.4 Å². The maximum Gasteiger partial charge on any atom is 0.257 e. The highest BCUT2D eigenvalue weighted by Crippen LogP contribution is 2.22. The molecule has 3 N–H and O–H groups in total. The zero-order valence-electron chi connectivity index (χ0n) is 16.3. The summed E-state index contributed by atoms with van der Waals surface area (Å²) in [5.41, 5.74) is 8.03. The topological polar surface area (TPSA) is 96.5 Å². The fourth-order valence-electron chi connectivity index (χ4n) is 2.50. The first-order chi connectivity index (χ1) is 13.4. The second kappa shape index (κ2) is 10.1. The van der Waals surface area contributed by atoms with Crippen LogP contribution in [0.1, 0.15) is 34.3 Å². The van der Waals surface area contributed by atoms with Crippen LogP contribution >= 0.6 is 0 Å². The van der Waals surface area contributed by atoms with Gasteiger partial charge in [-0.25, -0.2) is 0 Å². The number of amides is 2. The minimum atomic E-state index is -0.428. The van der Waals surface area contributed by atoms with Crippen molar-refractivity contribution in [2.24, 2.45) is 0 Å². The van der Waals surface area contributed by atoms with Crippen LogP contribution in [0.15, 0.2) is 42.5 Å². The minimum absolute atomic E-state index is 0.00796. The van der Waals surface area contributed by atoms with Crippen molar-refractivity contribution in [2.45, 2.75) is 26.7 Å². The molecule has 28 heavy (non-hydrogen) atoms. The van der Waals surface area contributed by atoms with Crippen LogP contribution in [-0.2, 0) is 9.59 Å². The Kier molecular flexibility index (Phi) is 7.56. The molecule has 0 aromatic heterocycles. The van der Waals surface area contributed by atoms with Crippen LogP contribution in [0.5, 0.6) is 5.75 Å². The van der Waals surface area contributed by atoms with Crippen LogP contribution < -0.4 is 20.9 Å². The van der Waals surface area contributed by atoms with Gasteiger partial charge in [0.05, 0.1) is 19.3 Å². The summed E-state index contributed by atoms with van der Waals surface area (Å²) in [5, 5.41) is 2.93. The molecule has 0 bridgehead atoms. The number of anilines is 1. The summed E-state index contributed by atoms with van der Waals surface area (Å²) in [6.45, 7) is 3.87. The predicted octanol–water partition coefficient (Wildman–Crippen LogP) is 2.53. The number of hydrogen-bond acceptors (Lipinski definition) is 5. The highest BCUT2D eigenvalue weighted by atomic mass is 16.5. The second-order valence-corrected chi connectivity index (χ2v) is 6.37. The van der Waals surface area contributed by atoms with Crippen molar-refractivity contribution in [2.75, 3.05) is 19.0 Å². The van der Waals surface area contributed by atoms with Crippen molar-refractivity contribution in [1.29, 1.82) is 0 Å². The number of hydrazine groups is 1. The van der Waals surface area contributed by atoms with Crippen LogP contribution in [0, 0.1) is 13.8 Å². The van der Waals surface area contributed by atoms with Crippen molar-refractivity contribution in [1.82, 2.24) is 10.9 Å². The van der Waals surface area contributed by atoms with E-state index in [4.69, 9.17) is 4.74 Å². The summed E-state index contributed by atoms with van der Waals surface area (Å²) in [5.74, 6) is -0.339. The Morgan fingerprint density at radius 3 is 2.32 bits per heavy atom. The lowest BCUT2D eigenvalue weighted by atomic mass is 10.0. The van der Waals surface area contributed by atoms with Crippen LogP contribution in [0.25, 0.3) is 0 Å². The molecule has 2 aromatic rings. The molecule has 7 nitrogen and oxygen atoms in total. The van der Waals surface area contributed by atoms with E-state index in [9.17, 15) is 14.4 Å². The molecule has 0 unspecified atom stereocenters. The maximum atomic E-state index is 12.2. The van der Waals surface area contributed by atoms with E-state index >= 15 is 0 Å². The van der Waals surface area contributed by atoms with Gasteiger partial charge < -0.3 is 10.1 Å². The van der Waals surface area contributed by atoms with Crippen LogP contribution in [0.2, 0.25) is 0 Å². The van der Waals surface area contributed by atoms with Gasteiger partial charge in [-0.3, -0.25) is 25.2 Å². The standard InChI is InChI=1S/C21H25N3O4/c1-14-8-9-16(12-15(14)2)18(25)10-11-20(26)23-24-21(27)13-22-17-6-4-5-7-19(17)28-3/h4-9,12,22H,10-11,13H2,1-3H3,(H,23,26)(H,24,27). The van der Waals surface area contributed by atoms with Gasteiger partial charge in [0.2, 0.25) is 5.91 Å². The molecule has 0 atom stereocenters. The average molecular weight is 383 g/mol. The Balaban J connectivity index is 1.72. The third-order valence-electron chi connectivity index (χ3n) is 4.30. The first kappa shape index (κ1) is 21.0. The zero-order valence-corrected chi connectivity index (χ0v) is 16.3. The molecule has 0 aliphatic rings. The average Bonchev–Trinajstić information content (AvgIpc) is 2.71. The fourth-order valence-corrected chi connectivity index (χ4v) is 2.50. The highest BCUT2D eigenvalue weighted by Gasteiger charge is 2.11. The van der Waals surface area contributed by atoms with Gasteiger partial charge in [0.15, 0.2) is 5.78 Å². The van der Waals surface area contributed by atoms with Crippen molar-refractivity contribution in [3.05, 3.63) is 59.2 Å². The minimum Gasteiger partial charge on any atom is -0.495 e. The molecule has 0 heterocycles. The van der Waals surface area contributed by atoms with Crippen molar-refractivity contribution in [3.63, 3.8) is 0 Å². The molecule has 2 rings (SSSR count). The number of ketones is 1. The number of hydrogen-bond donors (Lipinski definition) is 3. The van der Waals surface area contributed by atoms with Gasteiger partial charge in [0.25, 0.3) is 5.91 Å². The van der Waals surface area contributed by atoms with Crippen LogP contribution in [0.4, 0.5) is 5.69 Å². The molecule has 2 aromatic carbocycles. The van der Waals surface area contributed by atoms with Gasteiger partial charge in [-0.1, -0.05) is 24.3 Å². The number of aryl methyl sites for hydroxylation is 2. The predicted molar refractivity (Wildman–Crippen MR) is 107 cm³/mol. The Bertz CT molecular complexity index is 864. The molecule has 148 valence electrons. The van der Waals surface area contributed by atoms with Crippen molar-refractivity contribution in [3.8, 4) is 5.75 Å². The van der Waals surface area contributed by atoms with E-state index in [1.54, 1.807) is 25.3 Å². The van der Waals surface area contributed by atoms with Crippen LogP contribution in [0.3, 0.4) is 0 Å². The summed E-state index contributed by atoms with van der Waals surface area (Å²) >= 11 is 0. The van der Waals surface area contributed by atoms with Crippen molar-refractivity contribution >= 4 is 23.3 Å². The lowest BCUT2D eigenvalue weighted by Gasteiger charge is -2.11. The Labute approximate surface area is 164 Å². The van der Waals surface area contributed by atoms with E-state index in [1.165, 1.54) is 0 Å². The molecule has 0 radical (unpaired) electrons. The van der Waals surface area contributed by atoms with E-state index in [0.29, 0.717) is 17.0 Å². The molecule has 0 saturated heterocycles. The summed E-state index contributed by atoms with van der Waals surface area (Å²) in [4.78, 5) is 35.9. The molecule has 0 aliphatic heterocycles. The summed E-state index contributed by atoms with van der Waals surface area (Å²) in [6.07, 6.45) is 0.0651. The van der Waals surface area contributed by atoms with Crippen molar-refractivity contribution < 1.29 is 19.1 Å². The fraction of sp³-hybridized carbons (Fsp3) is 0.286. The number of benzene rings is 2. The first-order valence-corrected chi connectivity index (χ1v) is 8.95. The maximum absolute atomic E-state index is 12.2. The smallest absolute Gasteiger partial charge is 0.257 e. The van der Waals surface area contributed by atoms with Gasteiger partial charge >= 0.3 is 0 Å². The molecule has 7 heteroatoms. The Hall–Kier alpha value is -3.35. The SMILES string of the molecule is COc1ccccc1NCC(=O)NNC(=O)CCC(=O)c1ccc(C)c(C)c1. The molecule has 0 aliphatic carbocycles. The van der Waals surface area contributed by atoms with Gasteiger partial charge in [-0.15, -0.1) is 0 Å². The number of methoxy groups -OCH3 is 1. The first-order valence-electron chi connectivity index (χ1n) is 8.95. The lowest BCUT2D eigenvalue weighted by Crippen LogP contribution is -2.44. The van der Waals surface area contributed by atoms with Crippen LogP contribution in [-0.4, -0.2) is 31.3 Å². The molecule has 0 saturated carbocycles. The summed E-state index contributed by atoms with van der Waals surface area (Å²) in [6, 6.07) is 12.7. The third-order valence-corrected chi connectivity index (χ3v) is 4.30. The van der Waals surface area contributed by atoms with E-state index in [0.717, 1.165) is 11.1 Å². The number of rotatable bonds is 8. The molecule has 0 fully saturated rings. The molecular formula is C21H25N3O4. The number of para-hydroxylation sites is 2. The zero-order chi connectivity index (χ0) is 20.5. The number of Topliss-reactive ketones (excluding diaryl/α,β-unsaturated/α-hetero) is 1. The second-order valence-electron chi connectivity index (χ2n) is 6.37. The Morgan fingerprint density at radius 1 is 0.893 bits per heavy atom. The lowest BCUT2D eigenvalue weighted by molar-refractivity contribution is -0.128. The largest absolute Gasteiger partial charge is 0.495 e. The number of ether oxygens (including phenoxy) is 1. The van der Waals surface area contributed by atoms with E-state index in [2.05, 4.69) is 16.2 Å². The molecule has 2 amide bonds. The molecule has 0 spiro atoms. The third kappa shape index (κ3) is 6.12. The number of nitrogens with one attached hydrogen (secondary N) is 3. The summed E-state index contributed by atoms with van der Waals surface area (Å²) in [7, 11) is 1.54. The van der Waals surface area contributed by atoms with E-state index in [-0.39, 0.29) is 25.2 Å². The Morgan fingerprint density at radius 2 is 1.61 bits per heavy atom. The van der Waals surface area contributed by atoms with Gasteiger partial charge in [0.1, 0.15) is 5.75 Å². The van der Waals surface area contributed by atoms with E-state index in [1.807, 2.05) is 38.1 Å². The normalized spacial score (nSPS) is 10.1. The monoisotopic (exact) mass is 383 g/mol. The van der Waals surface area contributed by atoms with Gasteiger partial charge in [-0.2, -0.15) is 0 Å². The number of carbonyl (C=O) groups excluding carboxylic acids is 3.